The van der Waals surface area contributed by atoms with E-state index in [1.54, 1.807) is 0 Å². The van der Waals surface area contributed by atoms with E-state index in [1.165, 1.54) is 137 Å². The van der Waals surface area contributed by atoms with Crippen LogP contribution in [0.15, 0.2) is 176 Å². The Kier molecular flexibility index (Phi) is 9.92. The summed E-state index contributed by atoms with van der Waals surface area (Å²) in [5.74, 6) is 3.79. The van der Waals surface area contributed by atoms with Crippen molar-refractivity contribution in [3.05, 3.63) is 209 Å². The normalized spacial score (nSPS) is 24.0. The summed E-state index contributed by atoms with van der Waals surface area (Å²) in [7, 11) is 0. The minimum atomic E-state index is -0.0660. The van der Waals surface area contributed by atoms with Crippen molar-refractivity contribution in [3.8, 4) is 11.1 Å². The van der Waals surface area contributed by atoms with E-state index in [2.05, 4.69) is 200 Å². The van der Waals surface area contributed by atoms with Gasteiger partial charge in [0.2, 0.25) is 0 Å². The van der Waals surface area contributed by atoms with Gasteiger partial charge in [-0.3, -0.25) is 0 Å². The predicted octanol–water partition coefficient (Wildman–Crippen LogP) is 16.6. The van der Waals surface area contributed by atoms with Crippen LogP contribution >= 0.6 is 0 Å². The van der Waals surface area contributed by atoms with Gasteiger partial charge in [0.05, 0.1) is 0 Å². The lowest BCUT2D eigenvalue weighted by Gasteiger charge is -2.62. The van der Waals surface area contributed by atoms with Crippen LogP contribution in [0.4, 0.5) is 28.4 Å². The summed E-state index contributed by atoms with van der Waals surface area (Å²) < 4.78 is 0. The Balaban J connectivity index is 0.941. The average molecular weight is 835 g/mol. The number of hydrogen-bond acceptors (Lipinski definition) is 2. The number of rotatable bonds is 10. The van der Waals surface area contributed by atoms with E-state index >= 15 is 0 Å². The summed E-state index contributed by atoms with van der Waals surface area (Å²) in [4.78, 5) is 5.02. The highest BCUT2D eigenvalue weighted by Crippen LogP contribution is 2.65. The lowest BCUT2D eigenvalue weighted by molar-refractivity contribution is -0.0418. The van der Waals surface area contributed by atoms with Crippen molar-refractivity contribution in [2.24, 2.45) is 23.7 Å². The second-order valence-corrected chi connectivity index (χ2v) is 20.8. The van der Waals surface area contributed by atoms with E-state index in [1.807, 2.05) is 0 Å². The van der Waals surface area contributed by atoms with Crippen molar-refractivity contribution in [1.29, 1.82) is 0 Å². The topological polar surface area (TPSA) is 6.48 Å². The molecule has 4 bridgehead atoms. The van der Waals surface area contributed by atoms with Crippen LogP contribution in [-0.4, -0.2) is 0 Å². The maximum absolute atomic E-state index is 2.61. The van der Waals surface area contributed by atoms with Crippen LogP contribution in [0.25, 0.3) is 11.1 Å². The van der Waals surface area contributed by atoms with Gasteiger partial charge in [-0.25, -0.2) is 0 Å². The first-order valence-corrected chi connectivity index (χ1v) is 24.7. The number of hydrogen-bond donors (Lipinski definition) is 0. The number of nitrogens with zero attached hydrogens (tertiary/aromatic N) is 2. The van der Waals surface area contributed by atoms with Crippen LogP contribution in [0.1, 0.15) is 117 Å². The second kappa shape index (κ2) is 16.0. The van der Waals surface area contributed by atoms with Crippen molar-refractivity contribution in [1.82, 2.24) is 0 Å². The van der Waals surface area contributed by atoms with Crippen LogP contribution in [-0.2, 0) is 17.4 Å². The van der Waals surface area contributed by atoms with Gasteiger partial charge >= 0.3 is 0 Å². The molecule has 0 amide bonds. The molecule has 0 radical (unpaired) electrons. The van der Waals surface area contributed by atoms with Crippen molar-refractivity contribution in [2.45, 2.75) is 101 Å². The summed E-state index contributed by atoms with van der Waals surface area (Å²) >= 11 is 0. The van der Waals surface area contributed by atoms with E-state index in [0.717, 1.165) is 18.4 Å². The van der Waals surface area contributed by atoms with Crippen LogP contribution in [0.3, 0.4) is 0 Å². The standard InChI is InChI=1S/C62H62N2/c1-61(2)59-24-13-12-22-57(59)58-23-14-17-47(60(58)61)42-63(52-31-25-46(26-32-52)45-15-6-3-7-16-45)53-33-27-48(28-34-53)62(50-38-43-37-44(40-50)41-51(62)39-43)49-29-35-56(36-30-49)64(54-18-8-4-9-19-54)55-20-10-5-11-21-55/h4-5,8-14,17-36,43-45,50-51H,3,6-7,15-16,37-42H2,1-2H3. The first-order valence-electron chi connectivity index (χ1n) is 24.7. The highest BCUT2D eigenvalue weighted by atomic mass is 15.1. The van der Waals surface area contributed by atoms with E-state index in [9.17, 15) is 0 Å². The molecule has 0 atom stereocenters. The second-order valence-electron chi connectivity index (χ2n) is 20.8. The Bertz CT molecular complexity index is 2680. The van der Waals surface area contributed by atoms with Gasteiger partial charge in [0.15, 0.2) is 0 Å². The molecule has 0 unspecified atom stereocenters. The molecule has 6 aliphatic carbocycles. The molecule has 6 aliphatic rings. The Morgan fingerprint density at radius 2 is 0.953 bits per heavy atom. The first kappa shape index (κ1) is 39.7. The van der Waals surface area contributed by atoms with Crippen LogP contribution < -0.4 is 9.80 Å². The summed E-state index contributed by atoms with van der Waals surface area (Å²) in [6, 6.07) is 67.5. The molecule has 13 rings (SSSR count). The zero-order valence-electron chi connectivity index (χ0n) is 37.8. The predicted molar refractivity (Wildman–Crippen MR) is 268 cm³/mol. The minimum absolute atomic E-state index is 0.0112. The van der Waals surface area contributed by atoms with Crippen molar-refractivity contribution in [2.75, 3.05) is 9.80 Å². The smallest absolute Gasteiger partial charge is 0.0485 e. The molecular formula is C62H62N2. The Labute approximate surface area is 382 Å². The van der Waals surface area contributed by atoms with E-state index in [0.29, 0.717) is 17.8 Å². The molecule has 7 aromatic rings. The SMILES string of the molecule is CC1(C)c2ccccc2-c2cccc(CN(c3ccc(C4CCCCC4)cc3)c3ccc(C4(c5ccc(N(c6ccccc6)c6ccccc6)cc5)C5CC6CC(C5)CC4C6)cc3)c21. The number of benzene rings is 7. The lowest BCUT2D eigenvalue weighted by atomic mass is 9.42. The highest BCUT2D eigenvalue weighted by molar-refractivity contribution is 5.82. The molecule has 5 saturated carbocycles. The van der Waals surface area contributed by atoms with E-state index in [-0.39, 0.29) is 10.8 Å². The fraction of sp³-hybridized carbons (Fsp3) is 0.323. The maximum atomic E-state index is 2.61. The van der Waals surface area contributed by atoms with Crippen molar-refractivity contribution in [3.63, 3.8) is 0 Å². The molecule has 0 saturated heterocycles. The third-order valence-electron chi connectivity index (χ3n) is 17.0. The molecule has 320 valence electrons. The van der Waals surface area contributed by atoms with Gasteiger partial charge in [-0.2, -0.15) is 0 Å². The minimum Gasteiger partial charge on any atom is -0.337 e. The molecule has 2 heteroatoms. The van der Waals surface area contributed by atoms with E-state index < -0.39 is 0 Å². The largest absolute Gasteiger partial charge is 0.337 e. The zero-order chi connectivity index (χ0) is 42.8. The van der Waals surface area contributed by atoms with Gasteiger partial charge in [-0.1, -0.05) is 148 Å². The van der Waals surface area contributed by atoms with Crippen LogP contribution in [0.2, 0.25) is 0 Å². The summed E-state index contributed by atoms with van der Waals surface area (Å²) in [6.45, 7) is 5.68. The lowest BCUT2D eigenvalue weighted by Crippen LogP contribution is -2.56. The Hall–Kier alpha value is -5.86. The Morgan fingerprint density at radius 1 is 0.453 bits per heavy atom. The molecule has 7 aromatic carbocycles. The number of para-hydroxylation sites is 2. The van der Waals surface area contributed by atoms with Crippen LogP contribution in [0.5, 0.6) is 0 Å². The van der Waals surface area contributed by atoms with Gasteiger partial charge < -0.3 is 9.80 Å². The number of anilines is 5. The fourth-order valence-electron chi connectivity index (χ4n) is 14.4. The van der Waals surface area contributed by atoms with Crippen molar-refractivity contribution >= 4 is 28.4 Å². The molecular weight excluding hydrogens is 773 g/mol. The first-order chi connectivity index (χ1) is 31.4. The summed E-state index contributed by atoms with van der Waals surface area (Å²) in [6.07, 6.45) is 13.6. The monoisotopic (exact) mass is 834 g/mol. The van der Waals surface area contributed by atoms with Gasteiger partial charge in [-0.05, 0) is 180 Å². The van der Waals surface area contributed by atoms with Gasteiger partial charge in [0.25, 0.3) is 0 Å². The third kappa shape index (κ3) is 6.57. The van der Waals surface area contributed by atoms with Gasteiger partial charge in [0.1, 0.15) is 0 Å². The molecule has 0 aromatic heterocycles. The van der Waals surface area contributed by atoms with Crippen molar-refractivity contribution < 1.29 is 0 Å². The van der Waals surface area contributed by atoms with E-state index in [4.69, 9.17) is 0 Å². The summed E-state index contributed by atoms with van der Waals surface area (Å²) in [5, 5.41) is 0. The fourth-order valence-corrected chi connectivity index (χ4v) is 14.4. The molecule has 5 fully saturated rings. The molecule has 2 nitrogen and oxygen atoms in total. The molecule has 0 spiro atoms. The Morgan fingerprint density at radius 3 is 1.55 bits per heavy atom. The van der Waals surface area contributed by atoms with Crippen LogP contribution in [0, 0.1) is 23.7 Å². The molecule has 64 heavy (non-hydrogen) atoms. The van der Waals surface area contributed by atoms with Gasteiger partial charge in [0, 0.05) is 45.8 Å². The maximum Gasteiger partial charge on any atom is 0.0485 e. The average Bonchev–Trinajstić information content (AvgIpc) is 3.58. The molecule has 0 aliphatic heterocycles. The number of fused-ring (bicyclic) bond motifs is 3. The summed E-state index contributed by atoms with van der Waals surface area (Å²) in [5.41, 5.74) is 17.7. The molecule has 0 N–H and O–H groups in total. The zero-order valence-corrected chi connectivity index (χ0v) is 37.8. The van der Waals surface area contributed by atoms with Gasteiger partial charge in [-0.15, -0.1) is 0 Å². The quantitative estimate of drug-likeness (QED) is 0.135. The third-order valence-corrected chi connectivity index (χ3v) is 17.0. The highest BCUT2D eigenvalue weighted by Gasteiger charge is 2.58. The molecule has 0 heterocycles.